The van der Waals surface area contributed by atoms with E-state index < -0.39 is 0 Å². The maximum atomic E-state index is 12.2. The third-order valence-corrected chi connectivity index (χ3v) is 3.60. The molecule has 118 valence electrons. The molecule has 0 bridgehead atoms. The van der Waals surface area contributed by atoms with Gasteiger partial charge in [-0.1, -0.05) is 32.4 Å². The zero-order valence-electron chi connectivity index (χ0n) is 13.6. The summed E-state index contributed by atoms with van der Waals surface area (Å²) in [7, 11) is 3.64. The monoisotopic (exact) mass is 301 g/mol. The Morgan fingerprint density at radius 2 is 2.23 bits per heavy atom. The lowest BCUT2D eigenvalue weighted by atomic mass is 10.1. The number of carbonyl (C=O) groups is 1. The van der Waals surface area contributed by atoms with E-state index in [2.05, 4.69) is 29.2 Å². The maximum absolute atomic E-state index is 12.2. The van der Waals surface area contributed by atoms with Crippen LogP contribution >= 0.6 is 0 Å². The number of hydrogen-bond acceptors (Lipinski definition) is 3. The third-order valence-electron chi connectivity index (χ3n) is 3.60. The van der Waals surface area contributed by atoms with Gasteiger partial charge < -0.3 is 10.2 Å². The number of anilines is 1. The summed E-state index contributed by atoms with van der Waals surface area (Å²) in [5.74, 6) is 1.13. The number of benzene rings is 1. The van der Waals surface area contributed by atoms with E-state index >= 15 is 0 Å². The van der Waals surface area contributed by atoms with Crippen molar-refractivity contribution in [1.29, 1.82) is 0 Å². The van der Waals surface area contributed by atoms with Crippen LogP contribution in [-0.2, 0) is 7.05 Å². The lowest BCUT2D eigenvalue weighted by Crippen LogP contribution is -2.34. The van der Waals surface area contributed by atoms with Crippen LogP contribution in [0.4, 0.5) is 10.5 Å². The lowest BCUT2D eigenvalue weighted by Gasteiger charge is -2.21. The highest BCUT2D eigenvalue weighted by Gasteiger charge is 2.12. The van der Waals surface area contributed by atoms with Crippen LogP contribution in [0.1, 0.15) is 20.3 Å². The Morgan fingerprint density at radius 1 is 1.45 bits per heavy atom. The van der Waals surface area contributed by atoms with Crippen molar-refractivity contribution in [3.05, 3.63) is 30.6 Å². The van der Waals surface area contributed by atoms with Crippen LogP contribution in [0.15, 0.2) is 30.6 Å². The quantitative estimate of drug-likeness (QED) is 0.923. The van der Waals surface area contributed by atoms with Crippen LogP contribution in [0.25, 0.3) is 11.4 Å². The minimum atomic E-state index is -0.105. The Labute approximate surface area is 131 Å². The van der Waals surface area contributed by atoms with Gasteiger partial charge in [0.05, 0.1) is 0 Å². The summed E-state index contributed by atoms with van der Waals surface area (Å²) in [4.78, 5) is 18.1. The molecule has 0 radical (unpaired) electrons. The Bertz CT molecular complexity index is 637. The van der Waals surface area contributed by atoms with E-state index in [1.165, 1.54) is 0 Å². The number of urea groups is 1. The normalized spacial score (nSPS) is 12.0. The summed E-state index contributed by atoms with van der Waals surface area (Å²) < 4.78 is 1.65. The van der Waals surface area contributed by atoms with E-state index in [4.69, 9.17) is 0 Å². The molecule has 1 aromatic carbocycles. The highest BCUT2D eigenvalue weighted by Crippen LogP contribution is 2.19. The summed E-state index contributed by atoms with van der Waals surface area (Å²) in [5.41, 5.74) is 1.62. The zero-order chi connectivity index (χ0) is 16.1. The molecule has 2 amide bonds. The highest BCUT2D eigenvalue weighted by molar-refractivity contribution is 5.89. The number of aromatic nitrogens is 3. The first kappa shape index (κ1) is 16.0. The summed E-state index contributed by atoms with van der Waals surface area (Å²) in [6.07, 6.45) is 2.71. The molecular weight excluding hydrogens is 278 g/mol. The highest BCUT2D eigenvalue weighted by atomic mass is 16.2. The van der Waals surface area contributed by atoms with Crippen LogP contribution in [0.3, 0.4) is 0 Å². The van der Waals surface area contributed by atoms with Crippen LogP contribution in [0.5, 0.6) is 0 Å². The SMILES string of the molecule is CCC(C)CN(C)C(=O)Nc1cccc(-c2ncn(C)n2)c1. The van der Waals surface area contributed by atoms with Crippen molar-refractivity contribution in [2.75, 3.05) is 18.9 Å². The largest absolute Gasteiger partial charge is 0.327 e. The first-order chi connectivity index (χ1) is 10.5. The average Bonchev–Trinajstić information content (AvgIpc) is 2.94. The fourth-order valence-corrected chi connectivity index (χ4v) is 2.11. The molecule has 0 aliphatic rings. The molecule has 0 saturated carbocycles. The number of carbonyl (C=O) groups excluding carboxylic acids is 1. The molecule has 6 nitrogen and oxygen atoms in total. The maximum Gasteiger partial charge on any atom is 0.321 e. The van der Waals surface area contributed by atoms with Gasteiger partial charge in [-0.15, -0.1) is 0 Å². The molecule has 22 heavy (non-hydrogen) atoms. The van der Waals surface area contributed by atoms with Crippen molar-refractivity contribution < 1.29 is 4.79 Å². The number of aryl methyl sites for hydroxylation is 1. The molecule has 1 N–H and O–H groups in total. The molecule has 0 aliphatic heterocycles. The molecule has 2 aromatic rings. The molecule has 1 atom stereocenters. The van der Waals surface area contributed by atoms with Crippen molar-refractivity contribution >= 4 is 11.7 Å². The van der Waals surface area contributed by atoms with E-state index in [1.807, 2.05) is 38.4 Å². The topological polar surface area (TPSA) is 63.1 Å². The molecule has 0 spiro atoms. The van der Waals surface area contributed by atoms with E-state index in [-0.39, 0.29) is 6.03 Å². The summed E-state index contributed by atoms with van der Waals surface area (Å²) in [6, 6.07) is 7.45. The molecule has 1 heterocycles. The third kappa shape index (κ3) is 4.07. The van der Waals surface area contributed by atoms with Crippen molar-refractivity contribution in [2.45, 2.75) is 20.3 Å². The van der Waals surface area contributed by atoms with Gasteiger partial charge in [-0.05, 0) is 18.1 Å². The number of amides is 2. The van der Waals surface area contributed by atoms with Gasteiger partial charge in [0, 0.05) is 31.9 Å². The fraction of sp³-hybridized carbons (Fsp3) is 0.438. The van der Waals surface area contributed by atoms with Crippen molar-refractivity contribution in [3.63, 3.8) is 0 Å². The second-order valence-corrected chi connectivity index (χ2v) is 5.65. The predicted molar refractivity (Wildman–Crippen MR) is 87.5 cm³/mol. The molecule has 1 aromatic heterocycles. The minimum absolute atomic E-state index is 0.105. The van der Waals surface area contributed by atoms with Crippen LogP contribution in [0.2, 0.25) is 0 Å². The number of nitrogens with one attached hydrogen (secondary N) is 1. The van der Waals surface area contributed by atoms with Gasteiger partial charge in [0.15, 0.2) is 5.82 Å². The Balaban J connectivity index is 2.05. The van der Waals surface area contributed by atoms with E-state index in [0.717, 1.165) is 24.2 Å². The lowest BCUT2D eigenvalue weighted by molar-refractivity contribution is 0.215. The first-order valence-corrected chi connectivity index (χ1v) is 7.47. The van der Waals surface area contributed by atoms with Gasteiger partial charge in [-0.2, -0.15) is 5.10 Å². The van der Waals surface area contributed by atoms with Gasteiger partial charge in [0.25, 0.3) is 0 Å². The standard InChI is InChI=1S/C16H23N5O/c1-5-12(2)10-20(3)16(22)18-14-8-6-7-13(9-14)15-17-11-21(4)19-15/h6-9,11-12H,5,10H2,1-4H3,(H,18,22). The zero-order valence-corrected chi connectivity index (χ0v) is 13.6. The molecule has 0 fully saturated rings. The molecule has 0 aliphatic carbocycles. The predicted octanol–water partition coefficient (Wildman–Crippen LogP) is 2.99. The van der Waals surface area contributed by atoms with Crippen LogP contribution in [0, 0.1) is 5.92 Å². The first-order valence-electron chi connectivity index (χ1n) is 7.47. The summed E-state index contributed by atoms with van der Waals surface area (Å²) in [5, 5.41) is 7.18. The van der Waals surface area contributed by atoms with Crippen molar-refractivity contribution in [1.82, 2.24) is 19.7 Å². The second-order valence-electron chi connectivity index (χ2n) is 5.65. The Kier molecular flexibility index (Phi) is 5.14. The number of nitrogens with zero attached hydrogens (tertiary/aromatic N) is 4. The summed E-state index contributed by atoms with van der Waals surface area (Å²) in [6.45, 7) is 5.00. The van der Waals surface area contributed by atoms with Gasteiger partial charge in [0.2, 0.25) is 0 Å². The molecule has 1 unspecified atom stereocenters. The molecule has 2 rings (SSSR count). The van der Waals surface area contributed by atoms with Gasteiger partial charge >= 0.3 is 6.03 Å². The van der Waals surface area contributed by atoms with Crippen molar-refractivity contribution in [2.24, 2.45) is 13.0 Å². The second kappa shape index (κ2) is 7.06. The fourth-order valence-electron chi connectivity index (χ4n) is 2.11. The number of hydrogen-bond donors (Lipinski definition) is 1. The molecule has 6 heteroatoms. The molecular formula is C16H23N5O. The average molecular weight is 301 g/mol. The summed E-state index contributed by atoms with van der Waals surface area (Å²) >= 11 is 0. The van der Waals surface area contributed by atoms with Crippen molar-refractivity contribution in [3.8, 4) is 11.4 Å². The molecule has 0 saturated heterocycles. The van der Waals surface area contributed by atoms with Crippen LogP contribution < -0.4 is 5.32 Å². The number of rotatable bonds is 5. The van der Waals surface area contributed by atoms with Gasteiger partial charge in [0.1, 0.15) is 6.33 Å². The Hall–Kier alpha value is -2.37. The van der Waals surface area contributed by atoms with Gasteiger partial charge in [-0.25, -0.2) is 9.78 Å². The Morgan fingerprint density at radius 3 is 2.86 bits per heavy atom. The smallest absolute Gasteiger partial charge is 0.321 e. The van der Waals surface area contributed by atoms with Crippen LogP contribution in [-0.4, -0.2) is 39.3 Å². The van der Waals surface area contributed by atoms with Gasteiger partial charge in [-0.3, -0.25) is 4.68 Å². The van der Waals surface area contributed by atoms with E-state index in [9.17, 15) is 4.79 Å². The minimum Gasteiger partial charge on any atom is -0.327 e. The van der Waals surface area contributed by atoms with E-state index in [1.54, 1.807) is 15.9 Å². The van der Waals surface area contributed by atoms with E-state index in [0.29, 0.717) is 11.7 Å².